The molecule has 0 saturated carbocycles. The number of amides is 1. The largest absolute Gasteiger partial charge is 0.351 e. The average molecular weight is 386 g/mol. The molecule has 0 radical (unpaired) electrons. The number of benzene rings is 1. The third-order valence-corrected chi connectivity index (χ3v) is 4.28. The highest BCUT2D eigenvalue weighted by molar-refractivity contribution is 14.1. The molecule has 104 valence electrons. The zero-order valence-electron chi connectivity index (χ0n) is 10.5. The van der Waals surface area contributed by atoms with Crippen LogP contribution < -0.4 is 5.32 Å². The average Bonchev–Trinajstić information content (AvgIpc) is 3.03. The summed E-state index contributed by atoms with van der Waals surface area (Å²) < 4.78 is 15.8. The van der Waals surface area contributed by atoms with Crippen molar-refractivity contribution in [2.45, 2.75) is 24.9 Å². The Bertz CT molecular complexity index is 631. The Morgan fingerprint density at radius 2 is 2.35 bits per heavy atom. The van der Waals surface area contributed by atoms with E-state index in [2.05, 4.69) is 15.6 Å². The van der Waals surface area contributed by atoms with Gasteiger partial charge in [0.1, 0.15) is 5.82 Å². The molecule has 20 heavy (non-hydrogen) atoms. The standard InChI is InChI=1S/C13H12FIN4O/c14-11-5-8(1-2-12(11)15)10-6-9(17-13(10)20)7-19-4-3-16-18-19/h1-5,9-10H,6-7H2,(H,17,20)/t9-,10?/m1/s1. The Morgan fingerprint density at radius 3 is 3.05 bits per heavy atom. The first kappa shape index (κ1) is 13.5. The van der Waals surface area contributed by atoms with Gasteiger partial charge in [0.2, 0.25) is 5.91 Å². The van der Waals surface area contributed by atoms with Gasteiger partial charge in [-0.2, -0.15) is 0 Å². The first-order valence-electron chi connectivity index (χ1n) is 6.23. The van der Waals surface area contributed by atoms with Crippen molar-refractivity contribution in [1.29, 1.82) is 0 Å². The maximum absolute atomic E-state index is 13.6. The molecule has 0 aliphatic carbocycles. The molecule has 2 aromatic rings. The predicted molar refractivity (Wildman–Crippen MR) is 78.4 cm³/mol. The lowest BCUT2D eigenvalue weighted by Gasteiger charge is -2.09. The van der Waals surface area contributed by atoms with E-state index in [0.717, 1.165) is 5.56 Å². The Hall–Kier alpha value is -1.51. The number of carbonyl (C=O) groups is 1. The minimum absolute atomic E-state index is 0.00320. The van der Waals surface area contributed by atoms with Crippen molar-refractivity contribution in [1.82, 2.24) is 20.3 Å². The number of carbonyl (C=O) groups excluding carboxylic acids is 1. The summed E-state index contributed by atoms with van der Waals surface area (Å²) in [5.41, 5.74) is 0.724. The van der Waals surface area contributed by atoms with Crippen LogP contribution in [0.1, 0.15) is 17.9 Å². The van der Waals surface area contributed by atoms with Crippen LogP contribution in [0.5, 0.6) is 0 Å². The molecule has 2 heterocycles. The van der Waals surface area contributed by atoms with Crippen LogP contribution in [0, 0.1) is 9.39 Å². The number of aromatic nitrogens is 3. The maximum atomic E-state index is 13.6. The van der Waals surface area contributed by atoms with Crippen LogP contribution >= 0.6 is 22.6 Å². The Labute approximate surface area is 128 Å². The first-order valence-corrected chi connectivity index (χ1v) is 7.31. The van der Waals surface area contributed by atoms with Crippen molar-refractivity contribution >= 4 is 28.5 Å². The van der Waals surface area contributed by atoms with Gasteiger partial charge in [0, 0.05) is 15.8 Å². The minimum atomic E-state index is -0.296. The molecule has 2 atom stereocenters. The fourth-order valence-electron chi connectivity index (χ4n) is 2.44. The number of nitrogens with one attached hydrogen (secondary N) is 1. The third kappa shape index (κ3) is 2.67. The van der Waals surface area contributed by atoms with Gasteiger partial charge in [0.25, 0.3) is 0 Å². The van der Waals surface area contributed by atoms with Gasteiger partial charge in [-0.3, -0.25) is 9.48 Å². The van der Waals surface area contributed by atoms with E-state index in [-0.39, 0.29) is 23.7 Å². The number of rotatable bonds is 3. The van der Waals surface area contributed by atoms with Crippen LogP contribution in [-0.4, -0.2) is 26.9 Å². The highest BCUT2D eigenvalue weighted by Gasteiger charge is 2.33. The van der Waals surface area contributed by atoms with Crippen molar-refractivity contribution < 1.29 is 9.18 Å². The summed E-state index contributed by atoms with van der Waals surface area (Å²) in [5.74, 6) is -0.638. The van der Waals surface area contributed by atoms with Crippen LogP contribution in [0.2, 0.25) is 0 Å². The Balaban J connectivity index is 1.75. The van der Waals surface area contributed by atoms with Crippen molar-refractivity contribution in [3.63, 3.8) is 0 Å². The summed E-state index contributed by atoms with van der Waals surface area (Å²) in [5, 5.41) is 10.5. The van der Waals surface area contributed by atoms with E-state index in [1.54, 1.807) is 23.1 Å². The van der Waals surface area contributed by atoms with Gasteiger partial charge >= 0.3 is 0 Å². The van der Waals surface area contributed by atoms with Crippen LogP contribution in [-0.2, 0) is 11.3 Å². The van der Waals surface area contributed by atoms with E-state index in [4.69, 9.17) is 0 Å². The van der Waals surface area contributed by atoms with Crippen molar-refractivity contribution in [3.05, 3.63) is 45.5 Å². The molecule has 1 aromatic heterocycles. The molecule has 7 heteroatoms. The lowest BCUT2D eigenvalue weighted by molar-refractivity contribution is -0.120. The van der Waals surface area contributed by atoms with Crippen molar-refractivity contribution in [3.8, 4) is 0 Å². The second-order valence-electron chi connectivity index (χ2n) is 4.79. The number of halogens is 2. The summed E-state index contributed by atoms with van der Waals surface area (Å²) in [6.07, 6.45) is 3.99. The molecular formula is C13H12FIN4O. The van der Waals surface area contributed by atoms with Crippen LogP contribution in [0.4, 0.5) is 4.39 Å². The summed E-state index contributed by atoms with van der Waals surface area (Å²) in [6, 6.07) is 4.96. The Kier molecular flexibility index (Phi) is 3.68. The molecule has 5 nitrogen and oxygen atoms in total. The molecule has 1 saturated heterocycles. The number of hydrogen-bond donors (Lipinski definition) is 1. The third-order valence-electron chi connectivity index (χ3n) is 3.41. The summed E-state index contributed by atoms with van der Waals surface area (Å²) in [7, 11) is 0. The van der Waals surface area contributed by atoms with Crippen LogP contribution in [0.15, 0.2) is 30.6 Å². The molecule has 1 aromatic carbocycles. The quantitative estimate of drug-likeness (QED) is 0.818. The monoisotopic (exact) mass is 386 g/mol. The fraction of sp³-hybridized carbons (Fsp3) is 0.308. The van der Waals surface area contributed by atoms with Crippen LogP contribution in [0.25, 0.3) is 0 Å². The van der Waals surface area contributed by atoms with E-state index >= 15 is 0 Å². The van der Waals surface area contributed by atoms with Gasteiger partial charge in [-0.25, -0.2) is 4.39 Å². The number of nitrogens with zero attached hydrogens (tertiary/aromatic N) is 3. The zero-order valence-corrected chi connectivity index (χ0v) is 12.6. The lowest BCUT2D eigenvalue weighted by Crippen LogP contribution is -2.30. The summed E-state index contributed by atoms with van der Waals surface area (Å²) in [4.78, 5) is 12.0. The van der Waals surface area contributed by atoms with Gasteiger partial charge in [0.15, 0.2) is 0 Å². The van der Waals surface area contributed by atoms with Crippen molar-refractivity contribution in [2.24, 2.45) is 0 Å². The summed E-state index contributed by atoms with van der Waals surface area (Å²) >= 11 is 1.93. The van der Waals surface area contributed by atoms with Gasteiger partial charge in [-0.1, -0.05) is 11.3 Å². The molecule has 1 N–H and O–H groups in total. The van der Waals surface area contributed by atoms with Gasteiger partial charge in [-0.15, -0.1) is 5.10 Å². The first-order chi connectivity index (χ1) is 9.63. The second-order valence-corrected chi connectivity index (χ2v) is 5.95. The van der Waals surface area contributed by atoms with Gasteiger partial charge in [0.05, 0.1) is 18.7 Å². The molecule has 3 rings (SSSR count). The molecular weight excluding hydrogens is 374 g/mol. The SMILES string of the molecule is O=C1N[C@@H](Cn2ccnn2)CC1c1ccc(I)c(F)c1. The van der Waals surface area contributed by atoms with E-state index in [1.165, 1.54) is 6.07 Å². The minimum Gasteiger partial charge on any atom is -0.351 e. The lowest BCUT2D eigenvalue weighted by atomic mass is 9.95. The highest BCUT2D eigenvalue weighted by Crippen LogP contribution is 2.28. The normalized spacial score (nSPS) is 22.0. The van der Waals surface area contributed by atoms with E-state index < -0.39 is 0 Å². The van der Waals surface area contributed by atoms with Gasteiger partial charge in [-0.05, 0) is 46.7 Å². The summed E-state index contributed by atoms with van der Waals surface area (Å²) in [6.45, 7) is 0.578. The fourth-order valence-corrected chi connectivity index (χ4v) is 2.78. The molecule has 1 unspecified atom stereocenters. The molecule has 1 fully saturated rings. The predicted octanol–water partition coefficient (Wildman–Crippen LogP) is 1.69. The van der Waals surface area contributed by atoms with Crippen LogP contribution in [0.3, 0.4) is 0 Å². The molecule has 1 amide bonds. The second kappa shape index (κ2) is 5.47. The molecule has 0 spiro atoms. The molecule has 1 aliphatic rings. The van der Waals surface area contributed by atoms with Crippen molar-refractivity contribution in [2.75, 3.05) is 0 Å². The smallest absolute Gasteiger partial charge is 0.227 e. The highest BCUT2D eigenvalue weighted by atomic mass is 127. The maximum Gasteiger partial charge on any atom is 0.227 e. The number of hydrogen-bond acceptors (Lipinski definition) is 3. The van der Waals surface area contributed by atoms with E-state index in [1.807, 2.05) is 28.7 Å². The molecule has 0 bridgehead atoms. The van der Waals surface area contributed by atoms with E-state index in [9.17, 15) is 9.18 Å². The van der Waals surface area contributed by atoms with Gasteiger partial charge < -0.3 is 5.32 Å². The zero-order chi connectivity index (χ0) is 14.1. The van der Waals surface area contributed by atoms with E-state index in [0.29, 0.717) is 16.5 Å². The molecule has 1 aliphatic heterocycles. The topological polar surface area (TPSA) is 59.8 Å². The Morgan fingerprint density at radius 1 is 1.50 bits per heavy atom.